The van der Waals surface area contributed by atoms with Gasteiger partial charge in [-0.05, 0) is 39.7 Å². The number of methoxy groups -OCH3 is 2. The van der Waals surface area contributed by atoms with Gasteiger partial charge in [-0.1, -0.05) is 29.8 Å². The molecule has 0 aliphatic heterocycles. The van der Waals surface area contributed by atoms with Gasteiger partial charge < -0.3 is 14.8 Å². The highest BCUT2D eigenvalue weighted by atomic mass is 79.9. The monoisotopic (exact) mass is 449 g/mol. The molecule has 1 aromatic heterocycles. The summed E-state index contributed by atoms with van der Waals surface area (Å²) in [5.41, 5.74) is 1.31. The number of carbonyl (C=O) groups is 1. The molecule has 6 nitrogen and oxygen atoms in total. The van der Waals surface area contributed by atoms with Crippen molar-refractivity contribution >= 4 is 39.3 Å². The first-order valence-corrected chi connectivity index (χ1v) is 9.18. The Morgan fingerprint density at radius 1 is 1.22 bits per heavy atom. The lowest BCUT2D eigenvalue weighted by molar-refractivity contribution is 0.102. The SMILES string of the molecule is COc1ccc(C(=O)Nc2nn(Cc3ccccc3Cl)cc2Br)c(OC)c1. The maximum Gasteiger partial charge on any atom is 0.260 e. The third-order valence-electron chi connectivity index (χ3n) is 3.89. The molecule has 27 heavy (non-hydrogen) atoms. The van der Waals surface area contributed by atoms with E-state index in [2.05, 4.69) is 26.3 Å². The molecule has 3 rings (SSSR count). The Balaban J connectivity index is 1.79. The van der Waals surface area contributed by atoms with Crippen molar-refractivity contribution in [3.8, 4) is 11.5 Å². The summed E-state index contributed by atoms with van der Waals surface area (Å²) in [4.78, 5) is 12.6. The lowest BCUT2D eigenvalue weighted by Gasteiger charge is -2.10. The van der Waals surface area contributed by atoms with Gasteiger partial charge in [0.15, 0.2) is 5.82 Å². The van der Waals surface area contributed by atoms with Crippen LogP contribution >= 0.6 is 27.5 Å². The van der Waals surface area contributed by atoms with Gasteiger partial charge in [0, 0.05) is 17.3 Å². The maximum absolute atomic E-state index is 12.6. The van der Waals surface area contributed by atoms with Gasteiger partial charge in [-0.3, -0.25) is 9.48 Å². The zero-order valence-corrected chi connectivity index (χ0v) is 17.0. The number of rotatable bonds is 6. The largest absolute Gasteiger partial charge is 0.497 e. The number of amides is 1. The fourth-order valence-corrected chi connectivity index (χ4v) is 3.14. The quantitative estimate of drug-likeness (QED) is 0.595. The van der Waals surface area contributed by atoms with E-state index in [-0.39, 0.29) is 5.91 Å². The number of anilines is 1. The molecule has 0 radical (unpaired) electrons. The van der Waals surface area contributed by atoms with Crippen LogP contribution in [0.4, 0.5) is 5.82 Å². The van der Waals surface area contributed by atoms with E-state index in [9.17, 15) is 4.79 Å². The van der Waals surface area contributed by atoms with Crippen molar-refractivity contribution in [3.63, 3.8) is 0 Å². The molecule has 1 heterocycles. The standard InChI is InChI=1S/C19H17BrClN3O3/c1-26-13-7-8-14(17(9-13)27-2)19(25)22-18-15(20)11-24(23-18)10-12-5-3-4-6-16(12)21/h3-9,11H,10H2,1-2H3,(H,22,23,25). The van der Waals surface area contributed by atoms with Gasteiger partial charge in [0.1, 0.15) is 11.5 Å². The van der Waals surface area contributed by atoms with E-state index in [1.54, 1.807) is 36.2 Å². The van der Waals surface area contributed by atoms with Gasteiger partial charge in [0.05, 0.1) is 30.8 Å². The predicted molar refractivity (Wildman–Crippen MR) is 108 cm³/mol. The zero-order valence-electron chi connectivity index (χ0n) is 14.7. The summed E-state index contributed by atoms with van der Waals surface area (Å²) in [6, 6.07) is 12.5. The Morgan fingerprint density at radius 3 is 2.70 bits per heavy atom. The van der Waals surface area contributed by atoms with E-state index in [0.717, 1.165) is 5.56 Å². The van der Waals surface area contributed by atoms with Crippen LogP contribution in [-0.2, 0) is 6.54 Å². The molecule has 1 N–H and O–H groups in total. The number of nitrogens with zero attached hydrogens (tertiary/aromatic N) is 2. The summed E-state index contributed by atoms with van der Waals surface area (Å²) in [5, 5.41) is 7.87. The van der Waals surface area contributed by atoms with E-state index in [0.29, 0.717) is 38.9 Å². The van der Waals surface area contributed by atoms with Gasteiger partial charge in [0.25, 0.3) is 5.91 Å². The van der Waals surface area contributed by atoms with Crippen LogP contribution in [0.1, 0.15) is 15.9 Å². The average molecular weight is 451 g/mol. The van der Waals surface area contributed by atoms with E-state index in [1.807, 2.05) is 24.3 Å². The van der Waals surface area contributed by atoms with Crippen LogP contribution in [0.3, 0.4) is 0 Å². The third-order valence-corrected chi connectivity index (χ3v) is 4.84. The summed E-state index contributed by atoms with van der Waals surface area (Å²) in [6.45, 7) is 0.486. The highest BCUT2D eigenvalue weighted by Crippen LogP contribution is 2.27. The molecule has 0 bridgehead atoms. The lowest BCUT2D eigenvalue weighted by atomic mass is 10.1. The summed E-state index contributed by atoms with van der Waals surface area (Å²) < 4.78 is 12.8. The Hall–Kier alpha value is -2.51. The van der Waals surface area contributed by atoms with Gasteiger partial charge in [-0.2, -0.15) is 5.10 Å². The molecular formula is C19H17BrClN3O3. The summed E-state index contributed by atoms with van der Waals surface area (Å²) >= 11 is 9.62. The van der Waals surface area contributed by atoms with Gasteiger partial charge in [-0.25, -0.2) is 0 Å². The summed E-state index contributed by atoms with van der Waals surface area (Å²) in [6.07, 6.45) is 1.78. The zero-order chi connectivity index (χ0) is 19.4. The Kier molecular flexibility index (Phi) is 6.03. The topological polar surface area (TPSA) is 65.4 Å². The number of aromatic nitrogens is 2. The molecule has 1 amide bonds. The van der Waals surface area contributed by atoms with Crippen LogP contribution in [-0.4, -0.2) is 29.9 Å². The van der Waals surface area contributed by atoms with Crippen molar-refractivity contribution in [2.24, 2.45) is 0 Å². The molecule has 3 aromatic rings. The fraction of sp³-hybridized carbons (Fsp3) is 0.158. The summed E-state index contributed by atoms with van der Waals surface area (Å²) in [7, 11) is 3.05. The van der Waals surface area contributed by atoms with Crippen LogP contribution in [0, 0.1) is 0 Å². The highest BCUT2D eigenvalue weighted by Gasteiger charge is 2.17. The Labute approximate surface area is 170 Å². The fourth-order valence-electron chi connectivity index (χ4n) is 2.52. The van der Waals surface area contributed by atoms with Gasteiger partial charge >= 0.3 is 0 Å². The molecule has 0 fully saturated rings. The van der Waals surface area contributed by atoms with Crippen molar-refractivity contribution in [3.05, 3.63) is 69.3 Å². The molecule has 0 saturated heterocycles. The molecule has 0 aliphatic carbocycles. The van der Waals surface area contributed by atoms with Crippen molar-refractivity contribution < 1.29 is 14.3 Å². The van der Waals surface area contributed by atoms with Crippen LogP contribution in [0.15, 0.2) is 53.1 Å². The van der Waals surface area contributed by atoms with Crippen molar-refractivity contribution in [2.75, 3.05) is 19.5 Å². The molecule has 0 atom stereocenters. The minimum atomic E-state index is -0.335. The number of nitrogens with one attached hydrogen (secondary N) is 1. The number of benzene rings is 2. The number of halogens is 2. The first-order valence-electron chi connectivity index (χ1n) is 8.01. The number of carbonyl (C=O) groups excluding carboxylic acids is 1. The molecule has 0 spiro atoms. The maximum atomic E-state index is 12.6. The lowest BCUT2D eigenvalue weighted by Crippen LogP contribution is -2.14. The van der Waals surface area contributed by atoms with Crippen LogP contribution in [0.5, 0.6) is 11.5 Å². The molecule has 0 aliphatic rings. The minimum Gasteiger partial charge on any atom is -0.497 e. The molecule has 0 saturated carbocycles. The van der Waals surface area contributed by atoms with E-state index in [1.165, 1.54) is 7.11 Å². The Morgan fingerprint density at radius 2 is 2.00 bits per heavy atom. The van der Waals surface area contributed by atoms with Gasteiger partial charge in [-0.15, -0.1) is 0 Å². The molecule has 8 heteroatoms. The van der Waals surface area contributed by atoms with E-state index >= 15 is 0 Å². The van der Waals surface area contributed by atoms with Crippen LogP contribution < -0.4 is 14.8 Å². The summed E-state index contributed by atoms with van der Waals surface area (Å²) in [5.74, 6) is 1.09. The predicted octanol–water partition coefficient (Wildman–Crippen LogP) is 4.62. The first-order chi connectivity index (χ1) is 13.0. The second-order valence-corrected chi connectivity index (χ2v) is 6.90. The van der Waals surface area contributed by atoms with Gasteiger partial charge in [0.2, 0.25) is 0 Å². The number of hydrogen-bond acceptors (Lipinski definition) is 4. The van der Waals surface area contributed by atoms with E-state index in [4.69, 9.17) is 21.1 Å². The number of ether oxygens (including phenoxy) is 2. The molecular weight excluding hydrogens is 434 g/mol. The molecule has 140 valence electrons. The third kappa shape index (κ3) is 4.43. The highest BCUT2D eigenvalue weighted by molar-refractivity contribution is 9.10. The van der Waals surface area contributed by atoms with Crippen LogP contribution in [0.25, 0.3) is 0 Å². The first kappa shape index (κ1) is 19.3. The molecule has 2 aromatic carbocycles. The average Bonchev–Trinajstić information content (AvgIpc) is 3.01. The molecule has 0 unspecified atom stereocenters. The minimum absolute atomic E-state index is 0.335. The smallest absolute Gasteiger partial charge is 0.260 e. The van der Waals surface area contributed by atoms with Crippen molar-refractivity contribution in [1.29, 1.82) is 0 Å². The second-order valence-electron chi connectivity index (χ2n) is 5.63. The van der Waals surface area contributed by atoms with E-state index < -0.39 is 0 Å². The van der Waals surface area contributed by atoms with Crippen LogP contribution in [0.2, 0.25) is 5.02 Å². The number of hydrogen-bond donors (Lipinski definition) is 1. The van der Waals surface area contributed by atoms with Crippen molar-refractivity contribution in [2.45, 2.75) is 6.54 Å². The normalized spacial score (nSPS) is 10.5. The second kappa shape index (κ2) is 8.45. The Bertz CT molecular complexity index is 975. The van der Waals surface area contributed by atoms with Crippen molar-refractivity contribution in [1.82, 2.24) is 9.78 Å².